The monoisotopic (exact) mass is 174 g/mol. The van der Waals surface area contributed by atoms with Crippen molar-refractivity contribution >= 4 is 6.08 Å². The molecule has 0 aliphatic heterocycles. The number of pyridine rings is 1. The Kier molecular flexibility index (Phi) is 3.41. The van der Waals surface area contributed by atoms with E-state index in [-0.39, 0.29) is 0 Å². The van der Waals surface area contributed by atoms with Crippen molar-refractivity contribution in [1.82, 2.24) is 4.98 Å². The molecule has 0 atom stereocenters. The number of allylic oxidation sites excluding steroid dienone is 1. The minimum atomic E-state index is 0.522. The van der Waals surface area contributed by atoms with E-state index in [1.807, 2.05) is 12.1 Å². The van der Waals surface area contributed by atoms with E-state index in [0.717, 1.165) is 23.2 Å². The summed E-state index contributed by atoms with van der Waals surface area (Å²) in [4.78, 5) is 4.24. The fourth-order valence-corrected chi connectivity index (χ4v) is 1.18. The SMILES string of the molecule is C=CCc1cc(CN)cnc1C=C. The Labute approximate surface area is 78.8 Å². The maximum atomic E-state index is 5.51. The zero-order valence-corrected chi connectivity index (χ0v) is 7.66. The molecule has 0 spiro atoms. The van der Waals surface area contributed by atoms with Crippen molar-refractivity contribution in [3.05, 3.63) is 48.3 Å². The van der Waals surface area contributed by atoms with Crippen LogP contribution < -0.4 is 5.73 Å². The maximum Gasteiger partial charge on any atom is 0.0659 e. The largest absolute Gasteiger partial charge is 0.326 e. The fraction of sp³-hybridized carbons (Fsp3) is 0.182. The van der Waals surface area contributed by atoms with Gasteiger partial charge in [-0.05, 0) is 23.6 Å². The van der Waals surface area contributed by atoms with Gasteiger partial charge < -0.3 is 5.73 Å². The summed E-state index contributed by atoms with van der Waals surface area (Å²) in [6.07, 6.45) is 6.19. The zero-order valence-electron chi connectivity index (χ0n) is 7.66. The first-order valence-corrected chi connectivity index (χ1v) is 4.23. The lowest BCUT2D eigenvalue weighted by molar-refractivity contribution is 1.02. The lowest BCUT2D eigenvalue weighted by Crippen LogP contribution is -2.00. The van der Waals surface area contributed by atoms with Gasteiger partial charge in [0.2, 0.25) is 0 Å². The van der Waals surface area contributed by atoms with Gasteiger partial charge in [0.15, 0.2) is 0 Å². The maximum absolute atomic E-state index is 5.51. The molecule has 2 N–H and O–H groups in total. The highest BCUT2D eigenvalue weighted by Crippen LogP contribution is 2.11. The van der Waals surface area contributed by atoms with E-state index >= 15 is 0 Å². The predicted molar refractivity (Wildman–Crippen MR) is 56.1 cm³/mol. The van der Waals surface area contributed by atoms with Crippen LogP contribution in [0.15, 0.2) is 31.5 Å². The molecule has 1 aromatic rings. The van der Waals surface area contributed by atoms with Gasteiger partial charge in [0.1, 0.15) is 0 Å². The Hall–Kier alpha value is -1.41. The van der Waals surface area contributed by atoms with Crippen LogP contribution in [0.1, 0.15) is 16.8 Å². The average Bonchev–Trinajstić information content (AvgIpc) is 2.18. The lowest BCUT2D eigenvalue weighted by Gasteiger charge is -2.04. The Morgan fingerprint density at radius 3 is 2.77 bits per heavy atom. The van der Waals surface area contributed by atoms with Crippen molar-refractivity contribution in [2.24, 2.45) is 5.73 Å². The van der Waals surface area contributed by atoms with E-state index in [1.54, 1.807) is 12.3 Å². The first-order valence-electron chi connectivity index (χ1n) is 4.23. The standard InChI is InChI=1S/C11H14N2/c1-3-5-10-6-9(7-12)8-13-11(10)4-2/h3-4,6,8H,1-2,5,7,12H2. The lowest BCUT2D eigenvalue weighted by atomic mass is 10.1. The summed E-state index contributed by atoms with van der Waals surface area (Å²) < 4.78 is 0. The van der Waals surface area contributed by atoms with Gasteiger partial charge in [0.25, 0.3) is 0 Å². The molecule has 1 rings (SSSR count). The Balaban J connectivity index is 3.08. The van der Waals surface area contributed by atoms with Crippen LogP contribution in [0.3, 0.4) is 0 Å². The van der Waals surface area contributed by atoms with Crippen LogP contribution in [0.25, 0.3) is 6.08 Å². The highest BCUT2D eigenvalue weighted by atomic mass is 14.7. The Morgan fingerprint density at radius 1 is 1.46 bits per heavy atom. The van der Waals surface area contributed by atoms with E-state index in [1.165, 1.54) is 0 Å². The van der Waals surface area contributed by atoms with Gasteiger partial charge in [-0.1, -0.05) is 18.7 Å². The van der Waals surface area contributed by atoms with Crippen molar-refractivity contribution in [3.63, 3.8) is 0 Å². The van der Waals surface area contributed by atoms with Crippen LogP contribution in [-0.4, -0.2) is 4.98 Å². The minimum Gasteiger partial charge on any atom is -0.326 e. The molecular weight excluding hydrogens is 160 g/mol. The van der Waals surface area contributed by atoms with Crippen LogP contribution in [0.2, 0.25) is 0 Å². The number of hydrogen-bond donors (Lipinski definition) is 1. The van der Waals surface area contributed by atoms with Gasteiger partial charge in [-0.3, -0.25) is 4.98 Å². The molecule has 0 saturated heterocycles. The van der Waals surface area contributed by atoms with Gasteiger partial charge in [-0.2, -0.15) is 0 Å². The molecule has 0 aromatic carbocycles. The molecule has 0 aliphatic rings. The summed E-state index contributed by atoms with van der Waals surface area (Å²) in [6, 6.07) is 2.05. The quantitative estimate of drug-likeness (QED) is 0.708. The number of nitrogens with two attached hydrogens (primary N) is 1. The van der Waals surface area contributed by atoms with Crippen LogP contribution in [0.5, 0.6) is 0 Å². The third kappa shape index (κ3) is 2.26. The third-order valence-electron chi connectivity index (χ3n) is 1.85. The third-order valence-corrected chi connectivity index (χ3v) is 1.85. The van der Waals surface area contributed by atoms with Gasteiger partial charge >= 0.3 is 0 Å². The summed E-state index contributed by atoms with van der Waals surface area (Å²) in [5, 5.41) is 0. The number of hydrogen-bond acceptors (Lipinski definition) is 2. The first-order chi connectivity index (χ1) is 6.31. The molecule has 68 valence electrons. The van der Waals surface area contributed by atoms with Gasteiger partial charge in [0, 0.05) is 12.7 Å². The van der Waals surface area contributed by atoms with Crippen LogP contribution in [0.4, 0.5) is 0 Å². The van der Waals surface area contributed by atoms with Gasteiger partial charge in [0.05, 0.1) is 5.69 Å². The van der Waals surface area contributed by atoms with E-state index in [2.05, 4.69) is 18.1 Å². The van der Waals surface area contributed by atoms with Crippen molar-refractivity contribution in [1.29, 1.82) is 0 Å². The molecule has 1 aromatic heterocycles. The van der Waals surface area contributed by atoms with E-state index in [9.17, 15) is 0 Å². The van der Waals surface area contributed by atoms with Crippen LogP contribution in [0, 0.1) is 0 Å². The second-order valence-electron chi connectivity index (χ2n) is 2.79. The molecule has 2 nitrogen and oxygen atoms in total. The number of rotatable bonds is 4. The summed E-state index contributed by atoms with van der Waals surface area (Å²) in [6.45, 7) is 7.92. The number of nitrogens with zero attached hydrogens (tertiary/aromatic N) is 1. The molecule has 1 heterocycles. The summed E-state index contributed by atoms with van der Waals surface area (Å²) in [5.41, 5.74) is 8.61. The topological polar surface area (TPSA) is 38.9 Å². The van der Waals surface area contributed by atoms with Gasteiger partial charge in [-0.15, -0.1) is 6.58 Å². The number of aromatic nitrogens is 1. The molecule has 0 fully saturated rings. The molecule has 0 saturated carbocycles. The molecule has 0 unspecified atom stereocenters. The summed E-state index contributed by atoms with van der Waals surface area (Å²) in [5.74, 6) is 0. The van der Waals surface area contributed by atoms with Crippen molar-refractivity contribution < 1.29 is 0 Å². The Bertz CT molecular complexity index is 316. The van der Waals surface area contributed by atoms with E-state index < -0.39 is 0 Å². The van der Waals surface area contributed by atoms with Crippen LogP contribution >= 0.6 is 0 Å². The smallest absolute Gasteiger partial charge is 0.0659 e. The normalized spacial score (nSPS) is 9.62. The van der Waals surface area contributed by atoms with E-state index in [4.69, 9.17) is 5.73 Å². The Morgan fingerprint density at radius 2 is 2.23 bits per heavy atom. The molecular formula is C11H14N2. The average molecular weight is 174 g/mol. The summed E-state index contributed by atoms with van der Waals surface area (Å²) in [7, 11) is 0. The first kappa shape index (κ1) is 9.68. The second-order valence-corrected chi connectivity index (χ2v) is 2.79. The molecule has 0 amide bonds. The minimum absolute atomic E-state index is 0.522. The molecule has 0 radical (unpaired) electrons. The predicted octanol–water partition coefficient (Wildman–Crippen LogP) is 1.91. The highest BCUT2D eigenvalue weighted by Gasteiger charge is 1.99. The van der Waals surface area contributed by atoms with Gasteiger partial charge in [-0.25, -0.2) is 0 Å². The van der Waals surface area contributed by atoms with E-state index in [0.29, 0.717) is 6.54 Å². The van der Waals surface area contributed by atoms with Crippen LogP contribution in [-0.2, 0) is 13.0 Å². The molecule has 0 aliphatic carbocycles. The zero-order chi connectivity index (χ0) is 9.68. The van der Waals surface area contributed by atoms with Crippen molar-refractivity contribution in [2.45, 2.75) is 13.0 Å². The van der Waals surface area contributed by atoms with Crippen molar-refractivity contribution in [3.8, 4) is 0 Å². The summed E-state index contributed by atoms with van der Waals surface area (Å²) >= 11 is 0. The van der Waals surface area contributed by atoms with Crippen molar-refractivity contribution in [2.75, 3.05) is 0 Å². The molecule has 0 bridgehead atoms. The highest BCUT2D eigenvalue weighted by molar-refractivity contribution is 5.48. The molecule has 13 heavy (non-hydrogen) atoms. The second kappa shape index (κ2) is 4.58. The molecule has 2 heteroatoms. The fourth-order valence-electron chi connectivity index (χ4n) is 1.18.